The van der Waals surface area contributed by atoms with E-state index >= 15 is 0 Å². The Morgan fingerprint density at radius 1 is 0.968 bits per heavy atom. The van der Waals surface area contributed by atoms with Gasteiger partial charge in [0.1, 0.15) is 16.8 Å². The Morgan fingerprint density at radius 3 is 2.23 bits per heavy atom. The van der Waals surface area contributed by atoms with Crippen LogP contribution >= 0.6 is 0 Å². The molecule has 1 fully saturated rings. The van der Waals surface area contributed by atoms with Crippen molar-refractivity contribution in [2.45, 2.75) is 0 Å². The number of halogens is 1. The summed E-state index contributed by atoms with van der Waals surface area (Å²) in [5, 5.41) is 9.11. The zero-order valence-corrected chi connectivity index (χ0v) is 17.2. The fraction of sp³-hybridized carbons (Fsp3) is 0.273. The van der Waals surface area contributed by atoms with Crippen LogP contribution in [0.5, 0.6) is 11.5 Å². The second-order valence-corrected chi connectivity index (χ2v) is 7.15. The number of nitrogens with zero attached hydrogens (tertiary/aromatic N) is 3. The van der Waals surface area contributed by atoms with Crippen molar-refractivity contribution < 1.29 is 23.9 Å². The molecule has 4 rings (SSSR count). The van der Waals surface area contributed by atoms with Crippen LogP contribution in [0.2, 0.25) is 0 Å². The summed E-state index contributed by atoms with van der Waals surface area (Å²) in [6, 6.07) is 10.9. The highest BCUT2D eigenvalue weighted by Gasteiger charge is 2.25. The fourth-order valence-electron chi connectivity index (χ4n) is 4.02. The van der Waals surface area contributed by atoms with Crippen molar-refractivity contribution in [3.63, 3.8) is 0 Å². The predicted octanol–water partition coefficient (Wildman–Crippen LogP) is 2.78. The number of carboxylic acids is 1. The molecule has 0 saturated carbocycles. The van der Waals surface area contributed by atoms with Gasteiger partial charge in [0, 0.05) is 26.2 Å². The molecule has 0 amide bonds. The van der Waals surface area contributed by atoms with E-state index in [-0.39, 0.29) is 21.4 Å². The first-order chi connectivity index (χ1) is 15.0. The van der Waals surface area contributed by atoms with Crippen molar-refractivity contribution in [1.29, 1.82) is 0 Å². The van der Waals surface area contributed by atoms with E-state index in [0.29, 0.717) is 38.1 Å². The third-order valence-electron chi connectivity index (χ3n) is 5.54. The standard InChI is InChI=1S/C22H22FN3O5/c1-30-18-6-4-3-5-16(18)24-9-11-25(12-10-24)17-8-7-14-19(21(17)31-2)26(23)13-15(20(14)27)22(28)29/h3-8,13H,9-12H2,1-2H3,(H,28,29). The minimum atomic E-state index is -1.48. The van der Waals surface area contributed by atoms with Gasteiger partial charge < -0.3 is 24.4 Å². The topological polar surface area (TPSA) is 84.2 Å². The van der Waals surface area contributed by atoms with Crippen LogP contribution in [-0.2, 0) is 0 Å². The molecule has 1 saturated heterocycles. The summed E-state index contributed by atoms with van der Waals surface area (Å²) in [7, 11) is 3.04. The van der Waals surface area contributed by atoms with Crippen LogP contribution in [0.1, 0.15) is 10.4 Å². The summed E-state index contributed by atoms with van der Waals surface area (Å²) in [4.78, 5) is 28.2. The summed E-state index contributed by atoms with van der Waals surface area (Å²) in [6.07, 6.45) is 0.679. The summed E-state index contributed by atoms with van der Waals surface area (Å²) in [6.45, 7) is 2.71. The van der Waals surface area contributed by atoms with Gasteiger partial charge in [-0.3, -0.25) is 4.79 Å². The molecule has 162 valence electrons. The van der Waals surface area contributed by atoms with Gasteiger partial charge in [-0.05, 0) is 24.3 Å². The number of para-hydroxylation sites is 2. The van der Waals surface area contributed by atoms with Gasteiger partial charge in [0.25, 0.3) is 0 Å². The monoisotopic (exact) mass is 427 g/mol. The molecule has 1 aliphatic heterocycles. The normalized spacial score (nSPS) is 14.0. The summed E-state index contributed by atoms with van der Waals surface area (Å²) < 4.78 is 25.7. The molecular weight excluding hydrogens is 405 g/mol. The molecule has 2 aromatic carbocycles. The average Bonchev–Trinajstić information content (AvgIpc) is 2.80. The van der Waals surface area contributed by atoms with Gasteiger partial charge in [-0.15, -0.1) is 0 Å². The van der Waals surface area contributed by atoms with E-state index in [1.165, 1.54) is 13.2 Å². The Labute approximate surface area is 177 Å². The average molecular weight is 427 g/mol. The van der Waals surface area contributed by atoms with E-state index in [0.717, 1.165) is 11.4 Å². The quantitative estimate of drug-likeness (QED) is 0.670. The highest BCUT2D eigenvalue weighted by molar-refractivity contribution is 5.96. The van der Waals surface area contributed by atoms with Gasteiger partial charge in [-0.1, -0.05) is 16.6 Å². The van der Waals surface area contributed by atoms with Crippen LogP contribution in [0.3, 0.4) is 0 Å². The summed E-state index contributed by atoms with van der Waals surface area (Å²) in [5.74, 6) is -0.483. The molecule has 8 nitrogen and oxygen atoms in total. The van der Waals surface area contributed by atoms with Crippen molar-refractivity contribution in [3.05, 3.63) is 58.4 Å². The van der Waals surface area contributed by atoms with Crippen LogP contribution in [0.15, 0.2) is 47.4 Å². The van der Waals surface area contributed by atoms with Crippen molar-refractivity contribution in [2.75, 3.05) is 50.2 Å². The lowest BCUT2D eigenvalue weighted by atomic mass is 10.1. The smallest absolute Gasteiger partial charge is 0.341 e. The zero-order chi connectivity index (χ0) is 22.1. The van der Waals surface area contributed by atoms with Crippen molar-refractivity contribution in [3.8, 4) is 11.5 Å². The maximum absolute atomic E-state index is 14.7. The zero-order valence-electron chi connectivity index (χ0n) is 17.2. The predicted molar refractivity (Wildman–Crippen MR) is 116 cm³/mol. The highest BCUT2D eigenvalue weighted by atomic mass is 19.2. The number of carbonyl (C=O) groups is 1. The summed E-state index contributed by atoms with van der Waals surface area (Å²) in [5.41, 5.74) is 0.192. The lowest BCUT2D eigenvalue weighted by molar-refractivity contribution is 0.0693. The molecule has 0 radical (unpaired) electrons. The van der Waals surface area contributed by atoms with Gasteiger partial charge in [0.15, 0.2) is 5.75 Å². The van der Waals surface area contributed by atoms with Crippen LogP contribution in [0.25, 0.3) is 10.9 Å². The lowest BCUT2D eigenvalue weighted by Crippen LogP contribution is -2.46. The molecule has 31 heavy (non-hydrogen) atoms. The number of anilines is 2. The molecular formula is C22H22FN3O5. The molecule has 0 aliphatic carbocycles. The number of ether oxygens (including phenoxy) is 2. The van der Waals surface area contributed by atoms with E-state index in [2.05, 4.69) is 9.80 Å². The maximum Gasteiger partial charge on any atom is 0.341 e. The van der Waals surface area contributed by atoms with Crippen LogP contribution < -0.4 is 24.7 Å². The molecule has 1 aromatic heterocycles. The van der Waals surface area contributed by atoms with E-state index in [1.807, 2.05) is 24.3 Å². The number of hydrogen-bond donors (Lipinski definition) is 1. The number of fused-ring (bicyclic) bond motifs is 1. The highest BCUT2D eigenvalue weighted by Crippen LogP contribution is 2.37. The number of benzene rings is 2. The number of hydrogen-bond acceptors (Lipinski definition) is 6. The first-order valence-electron chi connectivity index (χ1n) is 9.75. The Bertz CT molecular complexity index is 1200. The van der Waals surface area contributed by atoms with Crippen molar-refractivity contribution >= 4 is 28.2 Å². The van der Waals surface area contributed by atoms with E-state index in [1.54, 1.807) is 13.2 Å². The number of pyridine rings is 1. The minimum absolute atomic E-state index is 0.0457. The molecule has 9 heteroatoms. The van der Waals surface area contributed by atoms with E-state index in [4.69, 9.17) is 14.6 Å². The Kier molecular flexibility index (Phi) is 5.41. The number of rotatable bonds is 5. The van der Waals surface area contributed by atoms with E-state index in [9.17, 15) is 14.1 Å². The third-order valence-corrected chi connectivity index (χ3v) is 5.54. The molecule has 0 spiro atoms. The van der Waals surface area contributed by atoms with Crippen LogP contribution in [-0.4, -0.2) is 56.3 Å². The number of carboxylic acid groups (broad SMARTS) is 1. The first-order valence-corrected chi connectivity index (χ1v) is 9.75. The van der Waals surface area contributed by atoms with E-state index < -0.39 is 17.0 Å². The van der Waals surface area contributed by atoms with Gasteiger partial charge in [0.05, 0.1) is 37.2 Å². The van der Waals surface area contributed by atoms with Crippen molar-refractivity contribution in [2.24, 2.45) is 0 Å². The molecule has 0 atom stereocenters. The maximum atomic E-state index is 14.7. The fourth-order valence-corrected chi connectivity index (χ4v) is 4.02. The molecule has 1 N–H and O–H groups in total. The van der Waals surface area contributed by atoms with Gasteiger partial charge in [0.2, 0.25) is 5.43 Å². The number of aromatic carboxylic acids is 1. The minimum Gasteiger partial charge on any atom is -0.495 e. The number of piperazine rings is 1. The molecule has 0 bridgehead atoms. The van der Waals surface area contributed by atoms with Gasteiger partial charge >= 0.3 is 5.97 Å². The van der Waals surface area contributed by atoms with Gasteiger partial charge in [-0.25, -0.2) is 4.79 Å². The molecule has 0 unspecified atom stereocenters. The van der Waals surface area contributed by atoms with Gasteiger partial charge in [-0.2, -0.15) is 4.79 Å². The number of methoxy groups -OCH3 is 2. The van der Waals surface area contributed by atoms with Crippen LogP contribution in [0, 0.1) is 0 Å². The van der Waals surface area contributed by atoms with Crippen LogP contribution in [0.4, 0.5) is 15.9 Å². The second kappa shape index (κ2) is 8.17. The Morgan fingerprint density at radius 2 is 1.61 bits per heavy atom. The largest absolute Gasteiger partial charge is 0.495 e. The molecule has 3 aromatic rings. The molecule has 1 aliphatic rings. The third kappa shape index (κ3) is 3.52. The second-order valence-electron chi connectivity index (χ2n) is 7.15. The Hall–Kier alpha value is -3.75. The SMILES string of the molecule is COc1ccccc1N1CCN(c2ccc3c(=O)c(C(=O)O)cn(F)c3c2OC)CC1. The first kappa shape index (κ1) is 20.5. The summed E-state index contributed by atoms with van der Waals surface area (Å²) >= 11 is 0. The lowest BCUT2D eigenvalue weighted by Gasteiger charge is -2.38. The number of aromatic nitrogens is 1. The molecule has 2 heterocycles. The Balaban J connectivity index is 1.68. The van der Waals surface area contributed by atoms with Crippen molar-refractivity contribution in [1.82, 2.24) is 4.79 Å².